The van der Waals surface area contributed by atoms with E-state index in [-0.39, 0.29) is 0 Å². The molecule has 0 aliphatic heterocycles. The smallest absolute Gasteiger partial charge is 0.00201 e. The summed E-state index contributed by atoms with van der Waals surface area (Å²) in [6.07, 6.45) is 0. The Labute approximate surface area is 371 Å². The Morgan fingerprint density at radius 3 is 1.05 bits per heavy atom. The van der Waals surface area contributed by atoms with Gasteiger partial charge in [0.2, 0.25) is 0 Å². The van der Waals surface area contributed by atoms with Gasteiger partial charge < -0.3 is 0 Å². The van der Waals surface area contributed by atoms with Crippen LogP contribution in [0.4, 0.5) is 0 Å². The Bertz CT molecular complexity index is 3890. The third-order valence-electron chi connectivity index (χ3n) is 13.6. The van der Waals surface area contributed by atoms with E-state index in [1.165, 1.54) is 131 Å². The van der Waals surface area contributed by atoms with Crippen molar-refractivity contribution in [2.24, 2.45) is 0 Å². The summed E-state index contributed by atoms with van der Waals surface area (Å²) in [5, 5.41) is 17.7. The Kier molecular flexibility index (Phi) is 8.32. The first-order valence-electron chi connectivity index (χ1n) is 22.2. The van der Waals surface area contributed by atoms with Crippen LogP contribution in [-0.2, 0) is 0 Å². The molecular weight excluding hydrogens is 769 g/mol. The Balaban J connectivity index is 0.995. The molecule has 0 aliphatic rings. The third kappa shape index (κ3) is 5.70. The van der Waals surface area contributed by atoms with E-state index in [9.17, 15) is 0 Å². The van der Waals surface area contributed by atoms with E-state index < -0.39 is 0 Å². The van der Waals surface area contributed by atoms with Crippen LogP contribution < -0.4 is 0 Å². The highest BCUT2D eigenvalue weighted by atomic mass is 14.2. The van der Waals surface area contributed by atoms with Crippen LogP contribution in [0.25, 0.3) is 131 Å². The molecule has 64 heavy (non-hydrogen) atoms. The van der Waals surface area contributed by atoms with E-state index in [0.29, 0.717) is 0 Å². The van der Waals surface area contributed by atoms with Crippen LogP contribution in [0.2, 0.25) is 0 Å². The largest absolute Gasteiger partial charge is 0.0622 e. The number of rotatable bonds is 5. The summed E-state index contributed by atoms with van der Waals surface area (Å²) in [6.45, 7) is 0. The molecule has 0 aromatic heterocycles. The van der Waals surface area contributed by atoms with Gasteiger partial charge in [-0.3, -0.25) is 0 Å². The second kappa shape index (κ2) is 14.7. The fourth-order valence-electron chi connectivity index (χ4n) is 10.8. The van der Waals surface area contributed by atoms with Crippen molar-refractivity contribution in [2.75, 3.05) is 0 Å². The van der Waals surface area contributed by atoms with Crippen LogP contribution in [0.1, 0.15) is 0 Å². The summed E-state index contributed by atoms with van der Waals surface area (Å²) in [5.74, 6) is 0. The SMILES string of the molecule is c1ccc(-c2c3ccccc3c(-c3cccc(-c4cccc(-c5c6ccccc6c(-c6cccc7cc8ccc9ccccc9c8cc67)c6ccccc56)c4)c3)c3ccccc23)cc1. The minimum Gasteiger partial charge on any atom is -0.0622 e. The maximum absolute atomic E-state index is 2.43. The number of benzene rings is 13. The average molecular weight is 809 g/mol. The predicted molar refractivity (Wildman–Crippen MR) is 276 cm³/mol. The molecule has 0 amide bonds. The lowest BCUT2D eigenvalue weighted by atomic mass is 9.83. The van der Waals surface area contributed by atoms with E-state index in [1.807, 2.05) is 0 Å². The molecule has 0 heteroatoms. The number of hydrogen-bond donors (Lipinski definition) is 0. The average Bonchev–Trinajstić information content (AvgIpc) is 3.36. The van der Waals surface area contributed by atoms with Crippen LogP contribution in [-0.4, -0.2) is 0 Å². The minimum atomic E-state index is 1.19. The van der Waals surface area contributed by atoms with Crippen LogP contribution >= 0.6 is 0 Å². The molecular formula is C64H40. The highest BCUT2D eigenvalue weighted by molar-refractivity contribution is 6.25. The van der Waals surface area contributed by atoms with Gasteiger partial charge in [0.15, 0.2) is 0 Å². The van der Waals surface area contributed by atoms with Gasteiger partial charge in [-0.2, -0.15) is 0 Å². The lowest BCUT2D eigenvalue weighted by molar-refractivity contribution is 1.60. The van der Waals surface area contributed by atoms with Crippen LogP contribution in [0, 0.1) is 0 Å². The summed E-state index contributed by atoms with van der Waals surface area (Å²) < 4.78 is 0. The molecule has 0 aliphatic carbocycles. The van der Waals surface area contributed by atoms with Crippen molar-refractivity contribution < 1.29 is 0 Å². The first kappa shape index (κ1) is 36.3. The molecule has 0 N–H and O–H groups in total. The Hall–Kier alpha value is -8.32. The minimum absolute atomic E-state index is 1.19. The molecule has 0 saturated carbocycles. The lowest BCUT2D eigenvalue weighted by Crippen LogP contribution is -1.92. The molecule has 0 radical (unpaired) electrons. The fraction of sp³-hybridized carbons (Fsp3) is 0. The van der Waals surface area contributed by atoms with Crippen molar-refractivity contribution in [3.8, 4) is 55.6 Å². The normalized spacial score (nSPS) is 11.8. The van der Waals surface area contributed by atoms with E-state index in [1.54, 1.807) is 0 Å². The van der Waals surface area contributed by atoms with Gasteiger partial charge in [-0.05, 0) is 155 Å². The van der Waals surface area contributed by atoms with Crippen LogP contribution in [0.3, 0.4) is 0 Å². The molecule has 0 spiro atoms. The molecule has 0 unspecified atom stereocenters. The standard InChI is InChI=1S/C64H40/c1-2-18-42(19-3-1)61-50-26-6-8-28-52(50)62(53-29-9-7-27-51(53)61)47-23-14-20-43(37-47)44-21-15-24-48(38-44)63-54-30-10-12-32-56(54)64(57-33-13-11-31-55(57)63)58-34-16-22-45-39-46-36-35-41-17-4-5-25-49(41)59(46)40-60(45)58/h1-40H. The zero-order chi connectivity index (χ0) is 42.1. The van der Waals surface area contributed by atoms with Gasteiger partial charge in [0.05, 0.1) is 0 Å². The number of hydrogen-bond acceptors (Lipinski definition) is 0. The van der Waals surface area contributed by atoms with E-state index in [0.717, 1.165) is 0 Å². The zero-order valence-corrected chi connectivity index (χ0v) is 35.1. The number of fused-ring (bicyclic) bond motifs is 8. The summed E-state index contributed by atoms with van der Waals surface area (Å²) in [5.41, 5.74) is 12.4. The molecule has 296 valence electrons. The summed E-state index contributed by atoms with van der Waals surface area (Å²) in [4.78, 5) is 0. The van der Waals surface area contributed by atoms with Gasteiger partial charge in [-0.15, -0.1) is 0 Å². The maximum Gasteiger partial charge on any atom is -0.00201 e. The molecule has 13 rings (SSSR count). The zero-order valence-electron chi connectivity index (χ0n) is 35.1. The molecule has 0 heterocycles. The first-order chi connectivity index (χ1) is 31.8. The summed E-state index contributed by atoms with van der Waals surface area (Å²) >= 11 is 0. The second-order valence-electron chi connectivity index (χ2n) is 17.1. The van der Waals surface area contributed by atoms with Crippen molar-refractivity contribution in [3.05, 3.63) is 243 Å². The van der Waals surface area contributed by atoms with Gasteiger partial charge in [-0.25, -0.2) is 0 Å². The van der Waals surface area contributed by atoms with Crippen LogP contribution in [0.15, 0.2) is 243 Å². The molecule has 0 bridgehead atoms. The first-order valence-corrected chi connectivity index (χ1v) is 22.2. The van der Waals surface area contributed by atoms with Crippen molar-refractivity contribution in [1.82, 2.24) is 0 Å². The fourth-order valence-corrected chi connectivity index (χ4v) is 10.8. The highest BCUT2D eigenvalue weighted by Crippen LogP contribution is 2.48. The van der Waals surface area contributed by atoms with Crippen molar-refractivity contribution >= 4 is 75.4 Å². The topological polar surface area (TPSA) is 0 Å². The Morgan fingerprint density at radius 1 is 0.156 bits per heavy atom. The van der Waals surface area contributed by atoms with Gasteiger partial charge >= 0.3 is 0 Å². The summed E-state index contributed by atoms with van der Waals surface area (Å²) in [6, 6.07) is 89.9. The molecule has 0 atom stereocenters. The molecule has 13 aromatic rings. The van der Waals surface area contributed by atoms with E-state index in [4.69, 9.17) is 0 Å². The molecule has 0 nitrogen and oxygen atoms in total. The maximum atomic E-state index is 2.43. The lowest BCUT2D eigenvalue weighted by Gasteiger charge is -2.20. The quantitative estimate of drug-likeness (QED) is 0.120. The van der Waals surface area contributed by atoms with Crippen LogP contribution in [0.5, 0.6) is 0 Å². The molecule has 13 aromatic carbocycles. The predicted octanol–water partition coefficient (Wildman–Crippen LogP) is 18.1. The molecule has 0 saturated heterocycles. The van der Waals surface area contributed by atoms with Crippen molar-refractivity contribution in [3.63, 3.8) is 0 Å². The van der Waals surface area contributed by atoms with Gasteiger partial charge in [0.25, 0.3) is 0 Å². The van der Waals surface area contributed by atoms with Crippen molar-refractivity contribution in [1.29, 1.82) is 0 Å². The Morgan fingerprint density at radius 2 is 0.516 bits per heavy atom. The van der Waals surface area contributed by atoms with E-state index >= 15 is 0 Å². The van der Waals surface area contributed by atoms with Gasteiger partial charge in [0, 0.05) is 0 Å². The highest BCUT2D eigenvalue weighted by Gasteiger charge is 2.20. The van der Waals surface area contributed by atoms with Gasteiger partial charge in [-0.1, -0.05) is 218 Å². The monoisotopic (exact) mass is 808 g/mol. The van der Waals surface area contributed by atoms with E-state index in [2.05, 4.69) is 243 Å². The van der Waals surface area contributed by atoms with Crippen molar-refractivity contribution in [2.45, 2.75) is 0 Å². The third-order valence-corrected chi connectivity index (χ3v) is 13.6. The van der Waals surface area contributed by atoms with Gasteiger partial charge in [0.1, 0.15) is 0 Å². The second-order valence-corrected chi connectivity index (χ2v) is 17.1. The summed E-state index contributed by atoms with van der Waals surface area (Å²) in [7, 11) is 0. The molecule has 0 fully saturated rings.